The number of hydrogen-bond acceptors (Lipinski definition) is 5. The molecular weight excluding hydrogens is 409 g/mol. The minimum Gasteiger partial charge on any atom is -0.364 e. The van der Waals surface area contributed by atoms with Gasteiger partial charge in [0.15, 0.2) is 0 Å². The van der Waals surface area contributed by atoms with Crippen LogP contribution in [0.1, 0.15) is 12.2 Å². The fourth-order valence-electron chi connectivity index (χ4n) is 3.13. The number of nitro groups is 1. The standard InChI is InChI=1S/C21H17ClFN5O2/c22-14-5-8-17-18(12-14)26-20(25-17)2-1-11-24-21-19(28(29)30)10-9-16(27-21)13-3-6-15(23)7-4-13/h3-10,12H,1-2,11H2,(H,24,27)(H,25,26). The highest BCUT2D eigenvalue weighted by Crippen LogP contribution is 2.27. The van der Waals surface area contributed by atoms with Gasteiger partial charge in [-0.1, -0.05) is 11.6 Å². The van der Waals surface area contributed by atoms with Crippen molar-refractivity contribution < 1.29 is 9.31 Å². The molecule has 4 aromatic rings. The van der Waals surface area contributed by atoms with Gasteiger partial charge in [-0.15, -0.1) is 0 Å². The summed E-state index contributed by atoms with van der Waals surface area (Å²) < 4.78 is 13.1. The number of anilines is 1. The third kappa shape index (κ3) is 4.38. The second-order valence-corrected chi connectivity index (χ2v) is 7.14. The first kappa shape index (κ1) is 19.8. The van der Waals surface area contributed by atoms with Crippen molar-refractivity contribution in [2.24, 2.45) is 0 Å². The normalized spacial score (nSPS) is 11.0. The van der Waals surface area contributed by atoms with Crippen LogP contribution in [0.25, 0.3) is 22.3 Å². The number of pyridine rings is 1. The number of nitrogens with one attached hydrogen (secondary N) is 2. The maximum absolute atomic E-state index is 13.1. The number of aromatic nitrogens is 3. The Morgan fingerprint density at radius 1 is 1.10 bits per heavy atom. The van der Waals surface area contributed by atoms with E-state index in [0.29, 0.717) is 35.7 Å². The smallest absolute Gasteiger partial charge is 0.311 e. The molecule has 2 heterocycles. The van der Waals surface area contributed by atoms with Gasteiger partial charge in [0.1, 0.15) is 11.6 Å². The van der Waals surface area contributed by atoms with E-state index in [1.54, 1.807) is 24.3 Å². The molecule has 4 rings (SSSR count). The lowest BCUT2D eigenvalue weighted by Gasteiger charge is -2.08. The molecule has 0 atom stereocenters. The van der Waals surface area contributed by atoms with Crippen LogP contribution >= 0.6 is 11.6 Å². The summed E-state index contributed by atoms with van der Waals surface area (Å²) in [4.78, 5) is 23.0. The Hall–Kier alpha value is -3.52. The number of fused-ring (bicyclic) bond motifs is 1. The quantitative estimate of drug-likeness (QED) is 0.236. The molecule has 0 aliphatic rings. The lowest BCUT2D eigenvalue weighted by Crippen LogP contribution is -2.08. The van der Waals surface area contributed by atoms with Crippen LogP contribution in [0.3, 0.4) is 0 Å². The molecule has 0 bridgehead atoms. The average molecular weight is 426 g/mol. The summed E-state index contributed by atoms with van der Waals surface area (Å²) in [6, 6.07) is 14.2. The van der Waals surface area contributed by atoms with Crippen molar-refractivity contribution >= 4 is 34.1 Å². The van der Waals surface area contributed by atoms with Crippen LogP contribution in [-0.4, -0.2) is 26.4 Å². The van der Waals surface area contributed by atoms with Gasteiger partial charge >= 0.3 is 5.69 Å². The fraction of sp³-hybridized carbons (Fsp3) is 0.143. The monoisotopic (exact) mass is 425 g/mol. The number of halogens is 2. The minimum absolute atomic E-state index is 0.112. The molecule has 30 heavy (non-hydrogen) atoms. The highest BCUT2D eigenvalue weighted by molar-refractivity contribution is 6.31. The van der Waals surface area contributed by atoms with Gasteiger partial charge in [0.25, 0.3) is 0 Å². The molecule has 0 radical (unpaired) electrons. The Bertz CT molecular complexity index is 1210. The van der Waals surface area contributed by atoms with Gasteiger partial charge < -0.3 is 10.3 Å². The number of benzene rings is 2. The summed E-state index contributed by atoms with van der Waals surface area (Å²) in [6.45, 7) is 0.471. The fourth-order valence-corrected chi connectivity index (χ4v) is 3.30. The summed E-state index contributed by atoms with van der Waals surface area (Å²) in [5.41, 5.74) is 2.80. The van der Waals surface area contributed by atoms with E-state index in [1.165, 1.54) is 18.2 Å². The van der Waals surface area contributed by atoms with Crippen LogP contribution in [0.15, 0.2) is 54.6 Å². The van der Waals surface area contributed by atoms with Gasteiger partial charge in [-0.05, 0) is 55.0 Å². The number of H-pyrrole nitrogens is 1. The summed E-state index contributed by atoms with van der Waals surface area (Å²) in [5.74, 6) is 0.640. The van der Waals surface area contributed by atoms with Crippen LogP contribution < -0.4 is 5.32 Å². The average Bonchev–Trinajstić information content (AvgIpc) is 3.13. The molecule has 2 N–H and O–H groups in total. The number of rotatable bonds is 7. The molecule has 0 amide bonds. The summed E-state index contributed by atoms with van der Waals surface area (Å²) in [6.07, 6.45) is 1.35. The van der Waals surface area contributed by atoms with Gasteiger partial charge in [-0.3, -0.25) is 10.1 Å². The zero-order valence-electron chi connectivity index (χ0n) is 15.7. The second-order valence-electron chi connectivity index (χ2n) is 6.70. The molecule has 7 nitrogen and oxygen atoms in total. The molecule has 2 aromatic heterocycles. The predicted molar refractivity (Wildman–Crippen MR) is 114 cm³/mol. The topological polar surface area (TPSA) is 96.7 Å². The predicted octanol–water partition coefficient (Wildman–Crippen LogP) is 5.37. The molecule has 0 saturated heterocycles. The maximum Gasteiger partial charge on any atom is 0.311 e. The Morgan fingerprint density at radius 3 is 2.67 bits per heavy atom. The van der Waals surface area contributed by atoms with Gasteiger partial charge in [-0.2, -0.15) is 0 Å². The third-order valence-corrected chi connectivity index (χ3v) is 4.82. The largest absolute Gasteiger partial charge is 0.364 e. The zero-order chi connectivity index (χ0) is 21.1. The first-order valence-electron chi connectivity index (χ1n) is 9.29. The molecule has 0 saturated carbocycles. The van der Waals surface area contributed by atoms with Crippen molar-refractivity contribution in [1.82, 2.24) is 15.0 Å². The van der Waals surface area contributed by atoms with Crippen molar-refractivity contribution in [3.05, 3.63) is 81.4 Å². The molecule has 0 aliphatic carbocycles. The molecule has 0 aliphatic heterocycles. The van der Waals surface area contributed by atoms with Crippen LogP contribution in [0.2, 0.25) is 5.02 Å². The highest BCUT2D eigenvalue weighted by atomic mass is 35.5. The second kappa shape index (κ2) is 8.46. The zero-order valence-corrected chi connectivity index (χ0v) is 16.5. The van der Waals surface area contributed by atoms with Gasteiger partial charge in [0.2, 0.25) is 5.82 Å². The summed E-state index contributed by atoms with van der Waals surface area (Å²) >= 11 is 5.99. The molecule has 152 valence electrons. The van der Waals surface area contributed by atoms with Crippen LogP contribution in [0.4, 0.5) is 15.9 Å². The molecule has 0 spiro atoms. The van der Waals surface area contributed by atoms with Gasteiger partial charge in [-0.25, -0.2) is 14.4 Å². The van der Waals surface area contributed by atoms with Crippen molar-refractivity contribution in [3.8, 4) is 11.3 Å². The third-order valence-electron chi connectivity index (χ3n) is 4.59. The van der Waals surface area contributed by atoms with Crippen molar-refractivity contribution in [2.75, 3.05) is 11.9 Å². The van der Waals surface area contributed by atoms with E-state index in [4.69, 9.17) is 11.6 Å². The summed E-state index contributed by atoms with van der Waals surface area (Å²) in [5, 5.41) is 15.0. The lowest BCUT2D eigenvalue weighted by molar-refractivity contribution is -0.384. The van der Waals surface area contributed by atoms with E-state index < -0.39 is 4.92 Å². The lowest BCUT2D eigenvalue weighted by atomic mass is 10.1. The van der Waals surface area contributed by atoms with Crippen molar-refractivity contribution in [3.63, 3.8) is 0 Å². The number of aromatic amines is 1. The minimum atomic E-state index is -0.479. The van der Waals surface area contributed by atoms with Gasteiger partial charge in [0, 0.05) is 29.6 Å². The van der Waals surface area contributed by atoms with E-state index in [1.807, 2.05) is 12.1 Å². The number of imidazole rings is 1. The first-order chi connectivity index (χ1) is 14.5. The molecule has 0 unspecified atom stereocenters. The molecule has 9 heteroatoms. The highest BCUT2D eigenvalue weighted by Gasteiger charge is 2.16. The number of nitrogens with zero attached hydrogens (tertiary/aromatic N) is 3. The van der Waals surface area contributed by atoms with E-state index in [-0.39, 0.29) is 17.3 Å². The Kier molecular flexibility index (Phi) is 5.58. The van der Waals surface area contributed by atoms with E-state index in [0.717, 1.165) is 16.9 Å². The number of aryl methyl sites for hydroxylation is 1. The Balaban J connectivity index is 1.45. The van der Waals surface area contributed by atoms with Crippen molar-refractivity contribution in [2.45, 2.75) is 12.8 Å². The SMILES string of the molecule is O=[N+]([O-])c1ccc(-c2ccc(F)cc2)nc1NCCCc1nc2ccc(Cl)cc2[nH]1. The molecule has 2 aromatic carbocycles. The number of hydrogen-bond donors (Lipinski definition) is 2. The van der Waals surface area contributed by atoms with Crippen molar-refractivity contribution in [1.29, 1.82) is 0 Å². The van der Waals surface area contributed by atoms with Crippen LogP contribution in [0.5, 0.6) is 0 Å². The van der Waals surface area contributed by atoms with E-state index in [9.17, 15) is 14.5 Å². The Morgan fingerprint density at radius 2 is 1.90 bits per heavy atom. The first-order valence-corrected chi connectivity index (χ1v) is 9.67. The van der Waals surface area contributed by atoms with Crippen LogP contribution in [-0.2, 0) is 6.42 Å². The summed E-state index contributed by atoms with van der Waals surface area (Å²) in [7, 11) is 0. The molecular formula is C21H17ClFN5O2. The van der Waals surface area contributed by atoms with Crippen LogP contribution in [0, 0.1) is 15.9 Å². The van der Waals surface area contributed by atoms with Gasteiger partial charge in [0.05, 0.1) is 21.7 Å². The Labute approximate surface area is 176 Å². The van der Waals surface area contributed by atoms with E-state index in [2.05, 4.69) is 20.3 Å². The molecule has 0 fully saturated rings. The van der Waals surface area contributed by atoms with E-state index >= 15 is 0 Å². The maximum atomic E-state index is 13.1.